The first kappa shape index (κ1) is 8.84. The lowest BCUT2D eigenvalue weighted by molar-refractivity contribution is 0.396. The molecule has 0 spiro atoms. The van der Waals surface area contributed by atoms with E-state index < -0.39 is 0 Å². The van der Waals surface area contributed by atoms with Crippen LogP contribution < -0.4 is 4.74 Å². The molecule has 1 heterocycles. The zero-order valence-electron chi connectivity index (χ0n) is 5.47. The molecule has 3 nitrogen and oxygen atoms in total. The van der Waals surface area contributed by atoms with Gasteiger partial charge in [-0.1, -0.05) is 0 Å². The largest absolute Gasteiger partial charge is 0.481 e. The van der Waals surface area contributed by atoms with Gasteiger partial charge in [-0.15, -0.1) is 0 Å². The normalized spacial score (nSPS) is 8.20. The third-order valence-electron chi connectivity index (χ3n) is 0.909. The molecule has 56 valence electrons. The highest BCUT2D eigenvalue weighted by molar-refractivity contribution is 5.09. The first-order chi connectivity index (χ1) is 4.33. The minimum Gasteiger partial charge on any atom is -0.481 e. The Kier molecular flexibility index (Phi) is 3.35. The van der Waals surface area contributed by atoms with E-state index in [1.807, 2.05) is 0 Å². The topological polar surface area (TPSA) is 53.6 Å². The molecule has 0 saturated carbocycles. The highest BCUT2D eigenvalue weighted by atomic mass is 19.1. The number of hydrogen-bond donors (Lipinski definition) is 0. The average molecular weight is 145 g/mol. The lowest BCUT2D eigenvalue weighted by Gasteiger charge is -1.94. The number of hydrogen-bond acceptors (Lipinski definition) is 2. The second-order valence-corrected chi connectivity index (χ2v) is 1.52. The van der Waals surface area contributed by atoms with E-state index in [1.165, 1.54) is 19.2 Å². The number of halogens is 1. The van der Waals surface area contributed by atoms with Crippen LogP contribution in [-0.4, -0.2) is 17.6 Å². The van der Waals surface area contributed by atoms with Gasteiger partial charge in [0, 0.05) is 6.07 Å². The maximum absolute atomic E-state index is 12.1. The Balaban J connectivity index is 0.000000810. The Morgan fingerprint density at radius 1 is 1.50 bits per heavy atom. The average Bonchev–Trinajstić information content (AvgIpc) is 1.90. The summed E-state index contributed by atoms with van der Waals surface area (Å²) in [6.07, 6.45) is 1.11. The zero-order chi connectivity index (χ0) is 6.69. The van der Waals surface area contributed by atoms with Crippen LogP contribution in [0.4, 0.5) is 4.39 Å². The highest BCUT2D eigenvalue weighted by Crippen LogP contribution is 2.03. The molecule has 0 atom stereocenters. The molecule has 4 heteroatoms. The first-order valence-electron chi connectivity index (χ1n) is 2.48. The standard InChI is InChI=1S/C6H6FNO.H2O/c1-9-6-3-2-5(7)4-8-6;/h2-4H,1H3;1H2. The van der Waals surface area contributed by atoms with Crippen molar-refractivity contribution >= 4 is 0 Å². The van der Waals surface area contributed by atoms with Gasteiger partial charge in [-0.25, -0.2) is 9.37 Å². The van der Waals surface area contributed by atoms with Crippen LogP contribution in [0.2, 0.25) is 0 Å². The van der Waals surface area contributed by atoms with Gasteiger partial charge < -0.3 is 10.2 Å². The van der Waals surface area contributed by atoms with E-state index in [0.29, 0.717) is 5.88 Å². The van der Waals surface area contributed by atoms with E-state index in [2.05, 4.69) is 4.98 Å². The van der Waals surface area contributed by atoms with Gasteiger partial charge in [0.25, 0.3) is 0 Å². The molecule has 2 N–H and O–H groups in total. The number of nitrogens with zero attached hydrogens (tertiary/aromatic N) is 1. The van der Waals surface area contributed by atoms with Gasteiger partial charge in [0.05, 0.1) is 13.3 Å². The summed E-state index contributed by atoms with van der Waals surface area (Å²) in [5, 5.41) is 0. The summed E-state index contributed by atoms with van der Waals surface area (Å²) in [5.41, 5.74) is 0. The summed E-state index contributed by atoms with van der Waals surface area (Å²) < 4.78 is 16.8. The molecule has 0 aliphatic rings. The lowest BCUT2D eigenvalue weighted by Crippen LogP contribution is -1.86. The molecular weight excluding hydrogens is 137 g/mol. The third-order valence-corrected chi connectivity index (χ3v) is 0.909. The zero-order valence-corrected chi connectivity index (χ0v) is 5.47. The molecule has 1 rings (SSSR count). The fraction of sp³-hybridized carbons (Fsp3) is 0.167. The van der Waals surface area contributed by atoms with E-state index in [9.17, 15) is 4.39 Å². The molecule has 1 aromatic heterocycles. The van der Waals surface area contributed by atoms with Gasteiger partial charge in [0.15, 0.2) is 0 Å². The van der Waals surface area contributed by atoms with E-state index >= 15 is 0 Å². The van der Waals surface area contributed by atoms with E-state index in [0.717, 1.165) is 6.20 Å². The quantitative estimate of drug-likeness (QED) is 0.574. The molecule has 0 saturated heterocycles. The van der Waals surface area contributed by atoms with Gasteiger partial charge in [-0.2, -0.15) is 0 Å². The summed E-state index contributed by atoms with van der Waals surface area (Å²) in [6.45, 7) is 0. The van der Waals surface area contributed by atoms with Crippen LogP contribution in [0, 0.1) is 5.82 Å². The van der Waals surface area contributed by atoms with Crippen molar-refractivity contribution in [3.8, 4) is 5.88 Å². The van der Waals surface area contributed by atoms with Crippen molar-refractivity contribution < 1.29 is 14.6 Å². The van der Waals surface area contributed by atoms with Crippen LogP contribution in [0.5, 0.6) is 5.88 Å². The van der Waals surface area contributed by atoms with Gasteiger partial charge in [-0.3, -0.25) is 0 Å². The van der Waals surface area contributed by atoms with Crippen LogP contribution in [0.1, 0.15) is 0 Å². The maximum atomic E-state index is 12.1. The van der Waals surface area contributed by atoms with Gasteiger partial charge >= 0.3 is 0 Å². The van der Waals surface area contributed by atoms with Crippen LogP contribution in [0.15, 0.2) is 18.3 Å². The SMILES string of the molecule is COc1ccc(F)cn1.O. The molecule has 0 aromatic carbocycles. The fourth-order valence-electron chi connectivity index (χ4n) is 0.483. The molecule has 0 radical (unpaired) electrons. The van der Waals surface area contributed by atoms with E-state index in [-0.39, 0.29) is 11.3 Å². The first-order valence-corrected chi connectivity index (χ1v) is 2.48. The van der Waals surface area contributed by atoms with Gasteiger partial charge in [-0.05, 0) is 6.07 Å². The van der Waals surface area contributed by atoms with Gasteiger partial charge in [0.1, 0.15) is 5.82 Å². The predicted molar refractivity (Wildman–Crippen MR) is 34.4 cm³/mol. The van der Waals surface area contributed by atoms with Gasteiger partial charge in [0.2, 0.25) is 5.88 Å². The van der Waals surface area contributed by atoms with E-state index in [1.54, 1.807) is 0 Å². The minimum atomic E-state index is -0.351. The molecule has 0 fully saturated rings. The summed E-state index contributed by atoms with van der Waals surface area (Å²) in [4.78, 5) is 3.60. The van der Waals surface area contributed by atoms with Crippen molar-refractivity contribution in [3.05, 3.63) is 24.1 Å². The number of rotatable bonds is 1. The lowest BCUT2D eigenvalue weighted by atomic mass is 10.5. The molecule has 10 heavy (non-hydrogen) atoms. The van der Waals surface area contributed by atoms with Crippen LogP contribution in [0.3, 0.4) is 0 Å². The number of ether oxygens (including phenoxy) is 1. The monoisotopic (exact) mass is 145 g/mol. The van der Waals surface area contributed by atoms with Crippen LogP contribution in [0.25, 0.3) is 0 Å². The summed E-state index contributed by atoms with van der Waals surface area (Å²) in [7, 11) is 1.49. The van der Waals surface area contributed by atoms with Crippen LogP contribution in [-0.2, 0) is 0 Å². The number of aromatic nitrogens is 1. The molecular formula is C6H8FNO2. The minimum absolute atomic E-state index is 0. The Morgan fingerprint density at radius 2 is 2.20 bits per heavy atom. The molecule has 0 bridgehead atoms. The second-order valence-electron chi connectivity index (χ2n) is 1.52. The second kappa shape index (κ2) is 3.79. The highest BCUT2D eigenvalue weighted by Gasteiger charge is 1.90. The predicted octanol–water partition coefficient (Wildman–Crippen LogP) is 0.405. The summed E-state index contributed by atoms with van der Waals surface area (Å²) in [6, 6.07) is 2.77. The van der Waals surface area contributed by atoms with Crippen molar-refractivity contribution in [2.45, 2.75) is 0 Å². The molecule has 1 aromatic rings. The third kappa shape index (κ3) is 1.99. The molecule has 0 aliphatic carbocycles. The smallest absolute Gasteiger partial charge is 0.213 e. The molecule has 0 unspecified atom stereocenters. The van der Waals surface area contributed by atoms with E-state index in [4.69, 9.17) is 4.74 Å². The Morgan fingerprint density at radius 3 is 2.60 bits per heavy atom. The Bertz CT molecular complexity index is 187. The Labute approximate surface area is 57.8 Å². The Hall–Kier alpha value is -1.16. The summed E-state index contributed by atoms with van der Waals surface area (Å²) in [5.74, 6) is 0.0761. The fourth-order valence-corrected chi connectivity index (χ4v) is 0.483. The number of pyridine rings is 1. The molecule has 0 amide bonds. The van der Waals surface area contributed by atoms with Crippen molar-refractivity contribution in [2.24, 2.45) is 0 Å². The summed E-state index contributed by atoms with van der Waals surface area (Å²) >= 11 is 0. The maximum Gasteiger partial charge on any atom is 0.213 e. The van der Waals surface area contributed by atoms with Crippen molar-refractivity contribution in [1.29, 1.82) is 0 Å². The van der Waals surface area contributed by atoms with Crippen molar-refractivity contribution in [1.82, 2.24) is 4.98 Å². The van der Waals surface area contributed by atoms with Crippen molar-refractivity contribution in [2.75, 3.05) is 7.11 Å². The van der Waals surface area contributed by atoms with Crippen LogP contribution >= 0.6 is 0 Å². The molecule has 0 aliphatic heterocycles. The number of methoxy groups -OCH3 is 1. The van der Waals surface area contributed by atoms with Crippen molar-refractivity contribution in [3.63, 3.8) is 0 Å².